The third kappa shape index (κ3) is 7.92. The molecule has 160 valence electrons. The van der Waals surface area contributed by atoms with E-state index in [-0.39, 0.29) is 6.10 Å². The van der Waals surface area contributed by atoms with Crippen LogP contribution in [0.3, 0.4) is 0 Å². The lowest BCUT2D eigenvalue weighted by Gasteiger charge is -2.33. The van der Waals surface area contributed by atoms with Gasteiger partial charge in [0.2, 0.25) is 0 Å². The van der Waals surface area contributed by atoms with Gasteiger partial charge in [-0.1, -0.05) is 13.8 Å². The van der Waals surface area contributed by atoms with Gasteiger partial charge < -0.3 is 15.4 Å². The second-order valence-electron chi connectivity index (χ2n) is 7.17. The van der Waals surface area contributed by atoms with Gasteiger partial charge in [0.05, 0.1) is 24.3 Å². The largest absolute Gasteiger partial charge is 0.434 e. The first-order valence-corrected chi connectivity index (χ1v) is 10.5. The maximum Gasteiger partial charge on any atom is 0.434 e. The Balaban J connectivity index is 1.80. The molecule has 1 unspecified atom stereocenters. The van der Waals surface area contributed by atoms with Crippen molar-refractivity contribution in [3.63, 3.8) is 0 Å². The van der Waals surface area contributed by atoms with E-state index in [4.69, 9.17) is 4.74 Å². The molecule has 0 aromatic carbocycles. The molecular weight excluding hydrogens is 391 g/mol. The fourth-order valence-electron chi connectivity index (χ4n) is 2.95. The number of ether oxygens (including phenoxy) is 1. The summed E-state index contributed by atoms with van der Waals surface area (Å²) in [5.74, 6) is 1.25. The van der Waals surface area contributed by atoms with Crippen LogP contribution in [0.25, 0.3) is 0 Å². The molecule has 2 N–H and O–H groups in total. The fourth-order valence-corrected chi connectivity index (χ4v) is 3.76. The lowest BCUT2D eigenvalue weighted by Crippen LogP contribution is -2.46. The van der Waals surface area contributed by atoms with Crippen LogP contribution in [0, 0.1) is 5.92 Å². The summed E-state index contributed by atoms with van der Waals surface area (Å²) < 4.78 is 43.6. The first-order chi connectivity index (χ1) is 13.3. The Labute approximate surface area is 168 Å². The van der Waals surface area contributed by atoms with Gasteiger partial charge in [-0.2, -0.15) is 13.2 Å². The average Bonchev–Trinajstić information content (AvgIpc) is 3.09. The van der Waals surface area contributed by atoms with E-state index in [1.54, 1.807) is 0 Å². The minimum absolute atomic E-state index is 0.0521. The lowest BCUT2D eigenvalue weighted by molar-refractivity contribution is -0.140. The van der Waals surface area contributed by atoms with Crippen molar-refractivity contribution in [3.8, 4) is 0 Å². The number of aromatic nitrogens is 1. The lowest BCUT2D eigenvalue weighted by atomic mass is 10.2. The third-order valence-electron chi connectivity index (χ3n) is 4.12. The molecule has 0 aliphatic carbocycles. The first-order valence-electron chi connectivity index (χ1n) is 9.65. The molecule has 2 rings (SSSR count). The molecule has 1 aromatic rings. The van der Waals surface area contributed by atoms with Crippen molar-refractivity contribution in [3.05, 3.63) is 16.1 Å². The molecule has 0 saturated carbocycles. The minimum Gasteiger partial charge on any atom is -0.374 e. The Kier molecular flexibility index (Phi) is 8.97. The normalized spacial score (nSPS) is 19.2. The maximum absolute atomic E-state index is 12.6. The number of alkyl halides is 3. The predicted molar refractivity (Wildman–Crippen MR) is 106 cm³/mol. The summed E-state index contributed by atoms with van der Waals surface area (Å²) in [6.45, 7) is 11.7. The number of guanidine groups is 1. The molecule has 28 heavy (non-hydrogen) atoms. The molecule has 0 bridgehead atoms. The zero-order chi connectivity index (χ0) is 20.6. The molecular formula is C18H30F3N5OS. The monoisotopic (exact) mass is 421 g/mol. The van der Waals surface area contributed by atoms with Gasteiger partial charge in [0.1, 0.15) is 0 Å². The maximum atomic E-state index is 12.6. The molecule has 1 fully saturated rings. The number of hydrogen-bond acceptors (Lipinski definition) is 5. The van der Waals surface area contributed by atoms with E-state index in [9.17, 15) is 13.2 Å². The molecule has 1 atom stereocenters. The van der Waals surface area contributed by atoms with Crippen LogP contribution in [0.2, 0.25) is 0 Å². The van der Waals surface area contributed by atoms with Gasteiger partial charge >= 0.3 is 6.18 Å². The predicted octanol–water partition coefficient (Wildman–Crippen LogP) is 2.62. The number of morpholine rings is 1. The molecule has 1 aromatic heterocycles. The van der Waals surface area contributed by atoms with Crippen molar-refractivity contribution in [2.45, 2.75) is 39.5 Å². The summed E-state index contributed by atoms with van der Waals surface area (Å²) in [5.41, 5.74) is -0.825. The number of hydrogen-bond donors (Lipinski definition) is 2. The van der Waals surface area contributed by atoms with Crippen LogP contribution in [0.5, 0.6) is 0 Å². The SMILES string of the molecule is CCNC(=NCC1CN(CC(C)C)CCO1)NCCc1nc(C(F)(F)F)cs1. The van der Waals surface area contributed by atoms with Gasteiger partial charge in [-0.05, 0) is 12.8 Å². The van der Waals surface area contributed by atoms with E-state index in [2.05, 4.69) is 39.4 Å². The van der Waals surface area contributed by atoms with E-state index in [0.29, 0.717) is 49.5 Å². The Morgan fingerprint density at radius 3 is 2.86 bits per heavy atom. The highest BCUT2D eigenvalue weighted by atomic mass is 32.1. The van der Waals surface area contributed by atoms with E-state index in [0.717, 1.165) is 36.4 Å². The van der Waals surface area contributed by atoms with Gasteiger partial charge in [0.25, 0.3) is 0 Å². The zero-order valence-electron chi connectivity index (χ0n) is 16.7. The number of thiazole rings is 1. The summed E-state index contributed by atoms with van der Waals surface area (Å²) >= 11 is 1.03. The summed E-state index contributed by atoms with van der Waals surface area (Å²) in [4.78, 5) is 10.6. The van der Waals surface area contributed by atoms with Crippen LogP contribution >= 0.6 is 11.3 Å². The minimum atomic E-state index is -4.39. The Morgan fingerprint density at radius 2 is 2.21 bits per heavy atom. The number of nitrogens with one attached hydrogen (secondary N) is 2. The Morgan fingerprint density at radius 1 is 1.43 bits per heavy atom. The van der Waals surface area contributed by atoms with Crippen molar-refractivity contribution in [2.24, 2.45) is 10.9 Å². The van der Waals surface area contributed by atoms with Gasteiger partial charge in [-0.15, -0.1) is 11.3 Å². The summed E-state index contributed by atoms with van der Waals surface area (Å²) in [6.07, 6.45) is -3.92. The van der Waals surface area contributed by atoms with E-state index in [1.807, 2.05) is 6.92 Å². The Hall–Kier alpha value is -1.39. The summed E-state index contributed by atoms with van der Waals surface area (Å²) in [6, 6.07) is 0. The molecule has 0 radical (unpaired) electrons. The summed E-state index contributed by atoms with van der Waals surface area (Å²) in [7, 11) is 0. The second-order valence-corrected chi connectivity index (χ2v) is 8.11. The van der Waals surface area contributed by atoms with E-state index in [1.165, 1.54) is 0 Å². The van der Waals surface area contributed by atoms with Crippen LogP contribution in [0.15, 0.2) is 10.4 Å². The molecule has 1 saturated heterocycles. The van der Waals surface area contributed by atoms with E-state index < -0.39 is 11.9 Å². The molecule has 0 amide bonds. The van der Waals surface area contributed by atoms with Gasteiger partial charge in [0.15, 0.2) is 11.7 Å². The first kappa shape index (κ1) is 22.9. The number of aliphatic imine (C=N–C) groups is 1. The quantitative estimate of drug-likeness (QED) is 0.499. The van der Waals surface area contributed by atoms with Crippen molar-refractivity contribution in [2.75, 3.05) is 45.9 Å². The highest BCUT2D eigenvalue weighted by Crippen LogP contribution is 2.29. The van der Waals surface area contributed by atoms with Gasteiger partial charge in [-0.25, -0.2) is 4.98 Å². The van der Waals surface area contributed by atoms with Crippen molar-refractivity contribution < 1.29 is 17.9 Å². The molecule has 1 aliphatic heterocycles. The Bertz CT molecular complexity index is 621. The molecule has 0 spiro atoms. The topological polar surface area (TPSA) is 61.8 Å². The standard InChI is InChI=1S/C18H30F3N5OS/c1-4-22-17(23-6-5-16-25-15(12-28-16)18(19,20)21)24-9-14-11-26(7-8-27-14)10-13(2)3/h12-14H,4-11H2,1-3H3,(H2,22,23,24). The summed E-state index contributed by atoms with van der Waals surface area (Å²) in [5, 5.41) is 7.82. The molecule has 6 nitrogen and oxygen atoms in total. The van der Waals surface area contributed by atoms with Crippen LogP contribution in [0.4, 0.5) is 13.2 Å². The number of halogens is 3. The smallest absolute Gasteiger partial charge is 0.374 e. The van der Waals surface area contributed by atoms with Crippen molar-refractivity contribution in [1.82, 2.24) is 20.5 Å². The van der Waals surface area contributed by atoms with Crippen molar-refractivity contribution in [1.29, 1.82) is 0 Å². The zero-order valence-corrected chi connectivity index (χ0v) is 17.5. The number of nitrogens with zero attached hydrogens (tertiary/aromatic N) is 3. The average molecular weight is 422 g/mol. The van der Waals surface area contributed by atoms with Crippen LogP contribution in [-0.4, -0.2) is 67.8 Å². The molecule has 2 heterocycles. The molecule has 1 aliphatic rings. The fraction of sp³-hybridized carbons (Fsp3) is 0.778. The highest BCUT2D eigenvalue weighted by Gasteiger charge is 2.33. The van der Waals surface area contributed by atoms with Gasteiger partial charge in [-0.3, -0.25) is 9.89 Å². The van der Waals surface area contributed by atoms with Crippen LogP contribution < -0.4 is 10.6 Å². The highest BCUT2D eigenvalue weighted by molar-refractivity contribution is 7.09. The number of rotatable bonds is 8. The van der Waals surface area contributed by atoms with Crippen LogP contribution in [-0.2, 0) is 17.3 Å². The van der Waals surface area contributed by atoms with E-state index >= 15 is 0 Å². The van der Waals surface area contributed by atoms with Gasteiger partial charge in [0, 0.05) is 44.5 Å². The third-order valence-corrected chi connectivity index (χ3v) is 5.03. The molecule has 10 heteroatoms. The van der Waals surface area contributed by atoms with Crippen molar-refractivity contribution >= 4 is 17.3 Å². The van der Waals surface area contributed by atoms with Crippen LogP contribution in [0.1, 0.15) is 31.5 Å². The second kappa shape index (κ2) is 11.0.